The molecule has 0 radical (unpaired) electrons. The molecule has 0 aliphatic carbocycles. The summed E-state index contributed by atoms with van der Waals surface area (Å²) in [6.07, 6.45) is 0. The van der Waals surface area contributed by atoms with E-state index >= 15 is 0 Å². The maximum Gasteiger partial charge on any atom is 0.294 e. The number of rotatable bonds is 6. The Morgan fingerprint density at radius 2 is 1.68 bits per heavy atom. The Morgan fingerprint density at radius 1 is 1.00 bits per heavy atom. The van der Waals surface area contributed by atoms with E-state index in [9.17, 15) is 23.5 Å². The van der Waals surface area contributed by atoms with Crippen molar-refractivity contribution in [1.82, 2.24) is 4.98 Å². The molecule has 1 unspecified atom stereocenters. The average molecular weight is 532 g/mol. The first kappa shape index (κ1) is 25.3. The molecule has 2 heterocycles. The first-order valence-corrected chi connectivity index (χ1v) is 12.6. The summed E-state index contributed by atoms with van der Waals surface area (Å²) in [6, 6.07) is 18.4. The molecule has 1 aliphatic rings. The van der Waals surface area contributed by atoms with E-state index in [2.05, 4.69) is 4.98 Å². The third kappa shape index (κ3) is 4.35. The van der Waals surface area contributed by atoms with Crippen LogP contribution in [0.25, 0.3) is 10.6 Å². The van der Waals surface area contributed by atoms with Gasteiger partial charge in [-0.05, 0) is 36.8 Å². The van der Waals surface area contributed by atoms with Gasteiger partial charge in [0.1, 0.15) is 5.01 Å². The van der Waals surface area contributed by atoms with Gasteiger partial charge in [0, 0.05) is 37.1 Å². The SMILES string of the molecule is Cc1nc(-c2ccccc2)sc1C(=O)C1=C(O)C(=O)N(c2ccc(F)c(F)c2)C1c1ccc(N(C)C)cc1. The molecule has 192 valence electrons. The van der Waals surface area contributed by atoms with Gasteiger partial charge in [0.05, 0.1) is 22.2 Å². The average Bonchev–Trinajstić information content (AvgIpc) is 3.43. The standard InChI is InChI=1S/C29H23F2N3O3S/c1-16-27(38-28(32-16)18-7-5-4-6-8-18)25(35)23-24(17-9-11-19(12-10-17)33(2)3)34(29(37)26(23)36)20-13-14-21(30)22(31)15-20/h4-15,24,36H,1-3H3. The third-order valence-electron chi connectivity index (χ3n) is 6.38. The van der Waals surface area contributed by atoms with Crippen LogP contribution >= 0.6 is 11.3 Å². The van der Waals surface area contributed by atoms with Crippen LogP contribution in [-0.4, -0.2) is 35.9 Å². The largest absolute Gasteiger partial charge is 0.503 e. The first-order chi connectivity index (χ1) is 18.2. The molecular weight excluding hydrogens is 508 g/mol. The van der Waals surface area contributed by atoms with E-state index in [1.807, 2.05) is 61.5 Å². The van der Waals surface area contributed by atoms with Crippen molar-refractivity contribution >= 4 is 34.4 Å². The predicted octanol–water partition coefficient (Wildman–Crippen LogP) is 6.25. The predicted molar refractivity (Wildman–Crippen MR) is 144 cm³/mol. The fourth-order valence-electron chi connectivity index (χ4n) is 4.44. The highest BCUT2D eigenvalue weighted by Crippen LogP contribution is 2.43. The monoisotopic (exact) mass is 531 g/mol. The lowest BCUT2D eigenvalue weighted by atomic mass is 9.94. The Labute approximate surface area is 222 Å². The van der Waals surface area contributed by atoms with Crippen LogP contribution < -0.4 is 9.80 Å². The molecule has 0 spiro atoms. The van der Waals surface area contributed by atoms with Crippen molar-refractivity contribution in [1.29, 1.82) is 0 Å². The maximum absolute atomic E-state index is 14.2. The molecular formula is C29H23F2N3O3S. The number of nitrogens with zero attached hydrogens (tertiary/aromatic N) is 3. The number of aliphatic hydroxyl groups excluding tert-OH is 1. The Morgan fingerprint density at radius 3 is 2.32 bits per heavy atom. The van der Waals surface area contributed by atoms with E-state index in [-0.39, 0.29) is 16.1 Å². The number of amides is 1. The van der Waals surface area contributed by atoms with Gasteiger partial charge in [-0.1, -0.05) is 42.5 Å². The Bertz CT molecular complexity index is 1580. The van der Waals surface area contributed by atoms with E-state index in [4.69, 9.17) is 0 Å². The molecule has 1 aromatic heterocycles. The number of aliphatic hydroxyl groups is 1. The van der Waals surface area contributed by atoms with E-state index in [0.29, 0.717) is 16.3 Å². The van der Waals surface area contributed by atoms with Crippen molar-refractivity contribution in [3.63, 3.8) is 0 Å². The van der Waals surface area contributed by atoms with Crippen molar-refractivity contribution in [2.75, 3.05) is 23.9 Å². The van der Waals surface area contributed by atoms with Crippen LogP contribution in [0.3, 0.4) is 0 Å². The van der Waals surface area contributed by atoms with E-state index in [1.54, 1.807) is 19.1 Å². The van der Waals surface area contributed by atoms with Crippen LogP contribution in [0.2, 0.25) is 0 Å². The summed E-state index contributed by atoms with van der Waals surface area (Å²) in [7, 11) is 3.75. The smallest absolute Gasteiger partial charge is 0.294 e. The highest BCUT2D eigenvalue weighted by molar-refractivity contribution is 7.17. The minimum Gasteiger partial charge on any atom is -0.503 e. The fourth-order valence-corrected chi connectivity index (χ4v) is 5.47. The molecule has 3 aromatic carbocycles. The molecule has 0 fully saturated rings. The molecule has 5 rings (SSSR count). The number of carbonyl (C=O) groups is 2. The maximum atomic E-state index is 14.2. The minimum atomic E-state index is -1.15. The highest BCUT2D eigenvalue weighted by atomic mass is 32.1. The number of hydrogen-bond donors (Lipinski definition) is 1. The Kier molecular flexibility index (Phi) is 6.54. The lowest BCUT2D eigenvalue weighted by Crippen LogP contribution is -2.31. The number of anilines is 2. The number of aryl methyl sites for hydroxylation is 1. The molecule has 1 atom stereocenters. The van der Waals surface area contributed by atoms with E-state index < -0.39 is 35.1 Å². The fraction of sp³-hybridized carbons (Fsp3) is 0.138. The number of aromatic nitrogens is 1. The van der Waals surface area contributed by atoms with Gasteiger partial charge in [-0.15, -0.1) is 11.3 Å². The molecule has 0 bridgehead atoms. The molecule has 1 N–H and O–H groups in total. The Balaban J connectivity index is 1.64. The van der Waals surface area contributed by atoms with Gasteiger partial charge in [-0.3, -0.25) is 14.5 Å². The van der Waals surface area contributed by atoms with Gasteiger partial charge >= 0.3 is 0 Å². The summed E-state index contributed by atoms with van der Waals surface area (Å²) in [5.74, 6) is -4.40. The number of benzene rings is 3. The van der Waals surface area contributed by atoms with Gasteiger partial charge in [-0.2, -0.15) is 0 Å². The molecule has 9 heteroatoms. The molecule has 4 aromatic rings. The van der Waals surface area contributed by atoms with Crippen molar-refractivity contribution in [3.8, 4) is 10.6 Å². The van der Waals surface area contributed by atoms with Gasteiger partial charge in [0.25, 0.3) is 5.91 Å². The molecule has 0 saturated heterocycles. The van der Waals surface area contributed by atoms with Crippen LogP contribution in [0.15, 0.2) is 84.1 Å². The topological polar surface area (TPSA) is 73.7 Å². The Hall–Kier alpha value is -4.37. The molecule has 1 amide bonds. The first-order valence-electron chi connectivity index (χ1n) is 11.7. The van der Waals surface area contributed by atoms with Crippen LogP contribution in [0.1, 0.15) is 27.0 Å². The van der Waals surface area contributed by atoms with Crippen molar-refractivity contribution in [3.05, 3.63) is 112 Å². The van der Waals surface area contributed by atoms with Gasteiger partial charge in [-0.25, -0.2) is 13.8 Å². The van der Waals surface area contributed by atoms with E-state index in [1.165, 1.54) is 6.07 Å². The van der Waals surface area contributed by atoms with Crippen LogP contribution in [0.5, 0.6) is 0 Å². The van der Waals surface area contributed by atoms with Gasteiger partial charge < -0.3 is 10.0 Å². The highest BCUT2D eigenvalue weighted by Gasteiger charge is 2.45. The van der Waals surface area contributed by atoms with Gasteiger partial charge in [0.15, 0.2) is 17.4 Å². The van der Waals surface area contributed by atoms with Gasteiger partial charge in [0.2, 0.25) is 5.78 Å². The van der Waals surface area contributed by atoms with Crippen LogP contribution in [0.4, 0.5) is 20.2 Å². The number of Topliss-reactive ketones (excluding diaryl/α,β-unsaturated/α-hetero) is 1. The zero-order chi connectivity index (χ0) is 27.1. The number of ketones is 1. The summed E-state index contributed by atoms with van der Waals surface area (Å²) in [5.41, 5.74) is 2.55. The summed E-state index contributed by atoms with van der Waals surface area (Å²) in [4.78, 5) is 35.1. The van der Waals surface area contributed by atoms with E-state index in [0.717, 1.165) is 39.6 Å². The lowest BCUT2D eigenvalue weighted by Gasteiger charge is -2.27. The number of hydrogen-bond acceptors (Lipinski definition) is 6. The number of thiazole rings is 1. The van der Waals surface area contributed by atoms with Crippen molar-refractivity contribution in [2.24, 2.45) is 0 Å². The molecule has 0 saturated carbocycles. The molecule has 38 heavy (non-hydrogen) atoms. The molecule has 6 nitrogen and oxygen atoms in total. The second-order valence-corrected chi connectivity index (χ2v) is 10.1. The quantitative estimate of drug-likeness (QED) is 0.298. The van der Waals surface area contributed by atoms with Crippen molar-refractivity contribution in [2.45, 2.75) is 13.0 Å². The second-order valence-electron chi connectivity index (χ2n) is 9.05. The molecule has 1 aliphatic heterocycles. The summed E-state index contributed by atoms with van der Waals surface area (Å²) >= 11 is 1.16. The summed E-state index contributed by atoms with van der Waals surface area (Å²) in [6.45, 7) is 1.69. The van der Waals surface area contributed by atoms with Crippen LogP contribution in [0, 0.1) is 18.6 Å². The zero-order valence-electron chi connectivity index (χ0n) is 20.8. The number of carbonyl (C=O) groups excluding carboxylic acids is 2. The number of halogens is 2. The third-order valence-corrected chi connectivity index (χ3v) is 7.59. The van der Waals surface area contributed by atoms with Crippen LogP contribution in [-0.2, 0) is 4.79 Å². The zero-order valence-corrected chi connectivity index (χ0v) is 21.6. The normalized spacial score (nSPS) is 15.3. The van der Waals surface area contributed by atoms with Crippen molar-refractivity contribution < 1.29 is 23.5 Å². The summed E-state index contributed by atoms with van der Waals surface area (Å²) < 4.78 is 27.9. The lowest BCUT2D eigenvalue weighted by molar-refractivity contribution is -0.117. The summed E-state index contributed by atoms with van der Waals surface area (Å²) in [5, 5.41) is 11.6. The minimum absolute atomic E-state index is 0.0101. The second kappa shape index (κ2) is 9.83.